The monoisotopic (exact) mass is 569 g/mol. The van der Waals surface area contributed by atoms with Crippen LogP contribution in [0.15, 0.2) is 60.7 Å². The zero-order valence-corrected chi connectivity index (χ0v) is 23.4. The van der Waals surface area contributed by atoms with Gasteiger partial charge in [-0.15, -0.1) is 0 Å². The summed E-state index contributed by atoms with van der Waals surface area (Å²) in [7, 11) is 0. The molecule has 1 aromatic heterocycles. The summed E-state index contributed by atoms with van der Waals surface area (Å²) in [4.78, 5) is 34.6. The minimum absolute atomic E-state index is 0.302. The van der Waals surface area contributed by atoms with Gasteiger partial charge in [-0.3, -0.25) is 19.5 Å². The number of hydrogen-bond donors (Lipinski definition) is 2. The molecule has 10 heteroatoms. The van der Waals surface area contributed by atoms with Crippen LogP contribution in [0.4, 0.5) is 10.1 Å². The number of anilines is 1. The molecule has 1 saturated heterocycles. The molecule has 0 saturated carbocycles. The molecule has 2 aliphatic rings. The summed E-state index contributed by atoms with van der Waals surface area (Å²) in [5, 5.41) is 3.55. The van der Waals surface area contributed by atoms with Crippen molar-refractivity contribution in [2.24, 2.45) is 5.73 Å². The summed E-state index contributed by atoms with van der Waals surface area (Å²) in [6, 6.07) is 16.4. The van der Waals surface area contributed by atoms with E-state index >= 15 is 4.39 Å². The van der Waals surface area contributed by atoms with Crippen LogP contribution in [-0.2, 0) is 6.54 Å². The molecule has 6 rings (SSSR count). The zero-order valence-electron chi connectivity index (χ0n) is 23.4. The Morgan fingerprint density at radius 3 is 2.38 bits per heavy atom. The number of amides is 2. The summed E-state index contributed by atoms with van der Waals surface area (Å²) >= 11 is 0. The number of rotatable bonds is 7. The van der Waals surface area contributed by atoms with Crippen LogP contribution < -0.4 is 20.5 Å². The van der Waals surface area contributed by atoms with Crippen molar-refractivity contribution < 1.29 is 23.5 Å². The van der Waals surface area contributed by atoms with Gasteiger partial charge >= 0.3 is 0 Å². The van der Waals surface area contributed by atoms with Crippen LogP contribution in [0.1, 0.15) is 33.3 Å². The molecule has 2 aliphatic heterocycles. The van der Waals surface area contributed by atoms with Gasteiger partial charge in [0.2, 0.25) is 5.91 Å². The normalized spacial score (nSPS) is 15.5. The van der Waals surface area contributed by atoms with Crippen LogP contribution in [0.3, 0.4) is 0 Å². The van der Waals surface area contributed by atoms with Gasteiger partial charge in [0.15, 0.2) is 11.5 Å². The van der Waals surface area contributed by atoms with E-state index in [2.05, 4.69) is 22.0 Å². The van der Waals surface area contributed by atoms with Crippen LogP contribution in [0.25, 0.3) is 22.0 Å². The van der Waals surface area contributed by atoms with Crippen LogP contribution in [0, 0.1) is 5.82 Å². The van der Waals surface area contributed by atoms with Crippen LogP contribution >= 0.6 is 0 Å². The second kappa shape index (κ2) is 11.8. The molecule has 42 heavy (non-hydrogen) atoms. The number of aromatic nitrogens is 1. The predicted octanol–water partition coefficient (Wildman–Crippen LogP) is 4.30. The summed E-state index contributed by atoms with van der Waals surface area (Å²) in [6.45, 7) is 8.23. The fourth-order valence-electron chi connectivity index (χ4n) is 5.40. The number of primary amides is 1. The van der Waals surface area contributed by atoms with Gasteiger partial charge < -0.3 is 25.4 Å². The number of fused-ring (bicyclic) bond motifs is 2. The van der Waals surface area contributed by atoms with Crippen molar-refractivity contribution in [1.82, 2.24) is 14.8 Å². The fraction of sp³-hybridized carbons (Fsp3) is 0.281. The number of carbonyl (C=O) groups is 2. The van der Waals surface area contributed by atoms with Crippen molar-refractivity contribution in [2.45, 2.75) is 13.5 Å². The molecule has 4 aromatic rings. The van der Waals surface area contributed by atoms with Crippen LogP contribution in [0.5, 0.6) is 11.5 Å². The van der Waals surface area contributed by atoms with Crippen molar-refractivity contribution in [2.75, 3.05) is 51.3 Å². The number of likely N-dealkylation sites (N-methyl/N-ethyl adjacent to an activating group) is 1. The lowest BCUT2D eigenvalue weighted by molar-refractivity contribution is 0.0997. The van der Waals surface area contributed by atoms with Gasteiger partial charge in [-0.2, -0.15) is 0 Å². The summed E-state index contributed by atoms with van der Waals surface area (Å²) in [6.07, 6.45) is 0. The topological polar surface area (TPSA) is 110 Å². The number of halogens is 1. The smallest absolute Gasteiger partial charge is 0.255 e. The second-order valence-electron chi connectivity index (χ2n) is 10.5. The van der Waals surface area contributed by atoms with Crippen LogP contribution in [0.2, 0.25) is 0 Å². The Hall–Kier alpha value is -4.54. The average molecular weight is 570 g/mol. The molecule has 0 aliphatic carbocycles. The van der Waals surface area contributed by atoms with Crippen molar-refractivity contribution in [3.63, 3.8) is 0 Å². The van der Waals surface area contributed by atoms with Crippen molar-refractivity contribution in [1.29, 1.82) is 0 Å². The van der Waals surface area contributed by atoms with E-state index in [1.54, 1.807) is 42.5 Å². The Labute approximate surface area is 243 Å². The number of nitrogens with one attached hydrogen (secondary N) is 1. The maximum atomic E-state index is 15.5. The summed E-state index contributed by atoms with van der Waals surface area (Å²) in [5.74, 6) is -0.256. The molecule has 3 heterocycles. The lowest BCUT2D eigenvalue weighted by atomic mass is 9.98. The molecule has 216 valence electrons. The van der Waals surface area contributed by atoms with Crippen molar-refractivity contribution >= 4 is 28.4 Å². The minimum atomic E-state index is -0.550. The lowest BCUT2D eigenvalue weighted by Crippen LogP contribution is -2.45. The van der Waals surface area contributed by atoms with Gasteiger partial charge in [-0.25, -0.2) is 4.39 Å². The van der Waals surface area contributed by atoms with Crippen molar-refractivity contribution in [3.8, 4) is 22.6 Å². The molecule has 0 atom stereocenters. The standard InChI is InChI=1S/C32H32FN5O4/c1-2-37-9-11-38(12-10-37)19-28-25(16-22-15-20(31(34)39)3-7-27(22)36-28)24-18-23(5-6-26(24)33)35-32(40)21-4-8-29-30(17-21)42-14-13-41-29/h3-8,15-18H,2,9-14,19H2,1H3,(H2,34,39)(H,35,40). The van der Waals surface area contributed by atoms with E-state index in [4.69, 9.17) is 20.2 Å². The summed E-state index contributed by atoms with van der Waals surface area (Å²) < 4.78 is 26.7. The number of nitrogens with two attached hydrogens (primary N) is 1. The SMILES string of the molecule is CCN1CCN(Cc2nc3ccc(C(N)=O)cc3cc2-c2cc(NC(=O)c3ccc4c(c3)OCCO4)ccc2F)CC1. The average Bonchev–Trinajstić information content (AvgIpc) is 3.01. The molecule has 0 radical (unpaired) electrons. The maximum absolute atomic E-state index is 15.5. The van der Waals surface area contributed by atoms with Gasteiger partial charge in [-0.1, -0.05) is 6.92 Å². The number of pyridine rings is 1. The largest absolute Gasteiger partial charge is 0.486 e. The third kappa shape index (κ3) is 5.77. The van der Waals surface area contributed by atoms with Gasteiger partial charge in [0.1, 0.15) is 19.0 Å². The Bertz CT molecular complexity index is 1670. The van der Waals surface area contributed by atoms with Gasteiger partial charge in [0.25, 0.3) is 5.91 Å². The zero-order chi connectivity index (χ0) is 29.2. The number of piperazine rings is 1. The maximum Gasteiger partial charge on any atom is 0.255 e. The van der Waals surface area contributed by atoms with E-state index in [9.17, 15) is 9.59 Å². The Morgan fingerprint density at radius 1 is 0.881 bits per heavy atom. The second-order valence-corrected chi connectivity index (χ2v) is 10.5. The summed E-state index contributed by atoms with van der Waals surface area (Å²) in [5.41, 5.74) is 8.99. The van der Waals surface area contributed by atoms with Gasteiger partial charge in [0.05, 0.1) is 11.2 Å². The highest BCUT2D eigenvalue weighted by molar-refractivity contribution is 6.05. The molecule has 3 aromatic carbocycles. The van der Waals surface area contributed by atoms with Gasteiger partial charge in [0, 0.05) is 66.1 Å². The molecule has 0 unspecified atom stereocenters. The highest BCUT2D eigenvalue weighted by Crippen LogP contribution is 2.34. The third-order valence-electron chi connectivity index (χ3n) is 7.78. The number of ether oxygens (including phenoxy) is 2. The molecule has 0 spiro atoms. The molecular formula is C32H32FN5O4. The predicted molar refractivity (Wildman–Crippen MR) is 158 cm³/mol. The number of carbonyl (C=O) groups excluding carboxylic acids is 2. The Balaban J connectivity index is 1.35. The van der Waals surface area contributed by atoms with E-state index in [0.29, 0.717) is 75.8 Å². The third-order valence-corrected chi connectivity index (χ3v) is 7.78. The van der Waals surface area contributed by atoms with E-state index in [0.717, 1.165) is 32.7 Å². The number of benzene rings is 3. The molecule has 1 fully saturated rings. The Morgan fingerprint density at radius 2 is 1.62 bits per heavy atom. The first-order valence-corrected chi connectivity index (χ1v) is 14.1. The quantitative estimate of drug-likeness (QED) is 0.342. The number of hydrogen-bond acceptors (Lipinski definition) is 7. The lowest BCUT2D eigenvalue weighted by Gasteiger charge is -2.34. The van der Waals surface area contributed by atoms with Crippen LogP contribution in [-0.4, -0.2) is 72.5 Å². The molecule has 2 amide bonds. The molecule has 0 bridgehead atoms. The van der Waals surface area contributed by atoms with Crippen molar-refractivity contribution in [3.05, 3.63) is 83.3 Å². The first-order valence-electron chi connectivity index (χ1n) is 14.1. The minimum Gasteiger partial charge on any atom is -0.486 e. The highest BCUT2D eigenvalue weighted by atomic mass is 19.1. The molecule has 3 N–H and O–H groups in total. The molecule has 9 nitrogen and oxygen atoms in total. The van der Waals surface area contributed by atoms with E-state index in [-0.39, 0.29) is 5.91 Å². The molecular weight excluding hydrogens is 537 g/mol. The van der Waals surface area contributed by atoms with E-state index in [1.807, 2.05) is 6.07 Å². The fourth-order valence-corrected chi connectivity index (χ4v) is 5.40. The highest BCUT2D eigenvalue weighted by Gasteiger charge is 2.21. The first kappa shape index (κ1) is 27.6. The van der Waals surface area contributed by atoms with E-state index in [1.165, 1.54) is 12.1 Å². The first-order chi connectivity index (χ1) is 20.4. The number of nitrogens with zero attached hydrogens (tertiary/aromatic N) is 3. The van der Waals surface area contributed by atoms with E-state index < -0.39 is 11.7 Å². The van der Waals surface area contributed by atoms with Gasteiger partial charge in [-0.05, 0) is 67.2 Å². The Kier molecular flexibility index (Phi) is 7.73.